The molecule has 0 spiro atoms. The molecular formula is C31H40N4O2. The van der Waals surface area contributed by atoms with Crippen LogP contribution >= 0.6 is 0 Å². The average Bonchev–Trinajstić information content (AvgIpc) is 3.59. The Hall–Kier alpha value is -3.38. The third kappa shape index (κ3) is 6.31. The lowest BCUT2D eigenvalue weighted by Gasteiger charge is -2.23. The zero-order valence-corrected chi connectivity index (χ0v) is 22.5. The van der Waals surface area contributed by atoms with Gasteiger partial charge in [0.25, 0.3) is 5.91 Å². The van der Waals surface area contributed by atoms with Gasteiger partial charge in [-0.25, -0.2) is 4.98 Å². The van der Waals surface area contributed by atoms with E-state index < -0.39 is 0 Å². The number of benzene rings is 2. The van der Waals surface area contributed by atoms with Crippen molar-refractivity contribution in [1.82, 2.24) is 19.4 Å². The van der Waals surface area contributed by atoms with Crippen molar-refractivity contribution in [2.45, 2.75) is 57.9 Å². The molecule has 0 aliphatic carbocycles. The summed E-state index contributed by atoms with van der Waals surface area (Å²) in [6.07, 6.45) is 15.2. The van der Waals surface area contributed by atoms with E-state index in [2.05, 4.69) is 63.9 Å². The lowest BCUT2D eigenvalue weighted by atomic mass is 9.85. The van der Waals surface area contributed by atoms with Gasteiger partial charge in [0.15, 0.2) is 0 Å². The molecule has 1 unspecified atom stereocenters. The van der Waals surface area contributed by atoms with Crippen LogP contribution < -0.4 is 0 Å². The van der Waals surface area contributed by atoms with E-state index in [1.807, 2.05) is 32.0 Å². The zero-order valence-electron chi connectivity index (χ0n) is 22.5. The molecule has 0 saturated heterocycles. The van der Waals surface area contributed by atoms with Crippen LogP contribution in [0.1, 0.15) is 78.5 Å². The maximum Gasteiger partial charge on any atom is 0.255 e. The molecule has 196 valence electrons. The number of amides is 1. The summed E-state index contributed by atoms with van der Waals surface area (Å²) in [5, 5.41) is 2.38. The predicted molar refractivity (Wildman–Crippen MR) is 150 cm³/mol. The second kappa shape index (κ2) is 13.2. The zero-order chi connectivity index (χ0) is 26.0. The summed E-state index contributed by atoms with van der Waals surface area (Å²) in [5.74, 6) is -0.143. The van der Waals surface area contributed by atoms with Gasteiger partial charge in [-0.05, 0) is 28.3 Å². The van der Waals surface area contributed by atoms with Gasteiger partial charge in [-0.2, -0.15) is 0 Å². The number of aromatic nitrogens is 3. The smallest absolute Gasteiger partial charge is 0.255 e. The highest BCUT2D eigenvalue weighted by atomic mass is 16.5. The summed E-state index contributed by atoms with van der Waals surface area (Å²) in [7, 11) is 3.48. The van der Waals surface area contributed by atoms with Crippen molar-refractivity contribution >= 4 is 16.7 Å². The van der Waals surface area contributed by atoms with Crippen molar-refractivity contribution in [2.24, 2.45) is 0 Å². The molecule has 2 heterocycles. The van der Waals surface area contributed by atoms with Crippen LogP contribution in [-0.4, -0.2) is 52.7 Å². The second-order valence-corrected chi connectivity index (χ2v) is 9.82. The number of nitrogens with one attached hydrogen (secondary N) is 1. The molecule has 2 aromatic heterocycles. The summed E-state index contributed by atoms with van der Waals surface area (Å²) >= 11 is 0. The van der Waals surface area contributed by atoms with E-state index in [4.69, 9.17) is 4.74 Å². The van der Waals surface area contributed by atoms with Crippen molar-refractivity contribution in [3.8, 4) is 0 Å². The van der Waals surface area contributed by atoms with Crippen molar-refractivity contribution in [3.05, 3.63) is 89.8 Å². The van der Waals surface area contributed by atoms with Gasteiger partial charge in [-0.15, -0.1) is 0 Å². The SMILES string of the molecule is CCCCCCCCn1cncc1C(c1c[nH]cc1C(=O)N(C)CCOC)c1cccc2ccccc12. The maximum atomic E-state index is 13.5. The minimum Gasteiger partial charge on any atom is -0.383 e. The number of methoxy groups -OCH3 is 1. The number of nitrogens with zero attached hydrogens (tertiary/aromatic N) is 3. The van der Waals surface area contributed by atoms with Crippen molar-refractivity contribution in [3.63, 3.8) is 0 Å². The molecule has 0 saturated carbocycles. The third-order valence-corrected chi connectivity index (χ3v) is 7.22. The summed E-state index contributed by atoms with van der Waals surface area (Å²) < 4.78 is 7.48. The Morgan fingerprint density at radius 3 is 2.65 bits per heavy atom. The van der Waals surface area contributed by atoms with Crippen LogP contribution in [-0.2, 0) is 11.3 Å². The first-order chi connectivity index (χ1) is 18.2. The molecule has 2 aromatic carbocycles. The van der Waals surface area contributed by atoms with Gasteiger partial charge in [0, 0.05) is 51.5 Å². The monoisotopic (exact) mass is 500 g/mol. The van der Waals surface area contributed by atoms with E-state index in [9.17, 15) is 4.79 Å². The highest BCUT2D eigenvalue weighted by Gasteiger charge is 2.28. The Labute approximate surface area is 220 Å². The van der Waals surface area contributed by atoms with E-state index in [-0.39, 0.29) is 11.8 Å². The van der Waals surface area contributed by atoms with Gasteiger partial charge < -0.3 is 19.2 Å². The fourth-order valence-electron chi connectivity index (χ4n) is 5.14. The molecule has 37 heavy (non-hydrogen) atoms. The molecule has 0 bridgehead atoms. The van der Waals surface area contributed by atoms with Gasteiger partial charge in [0.05, 0.1) is 24.4 Å². The van der Waals surface area contributed by atoms with Crippen molar-refractivity contribution < 1.29 is 9.53 Å². The summed E-state index contributed by atoms with van der Waals surface area (Å²) in [5.41, 5.74) is 3.94. The Morgan fingerprint density at radius 2 is 1.81 bits per heavy atom. The Balaban J connectivity index is 1.73. The highest BCUT2D eigenvalue weighted by molar-refractivity contribution is 5.96. The van der Waals surface area contributed by atoms with Gasteiger partial charge in [-0.3, -0.25) is 4.79 Å². The number of imidazole rings is 1. The van der Waals surface area contributed by atoms with E-state index in [1.165, 1.54) is 48.4 Å². The number of H-pyrrole nitrogens is 1. The molecule has 0 aliphatic rings. The first-order valence-electron chi connectivity index (χ1n) is 13.5. The number of rotatable bonds is 14. The molecule has 0 radical (unpaired) electrons. The minimum atomic E-state index is -0.130. The predicted octanol–water partition coefficient (Wildman–Crippen LogP) is 6.62. The van der Waals surface area contributed by atoms with E-state index >= 15 is 0 Å². The first kappa shape index (κ1) is 26.7. The summed E-state index contributed by atoms with van der Waals surface area (Å²) in [6.45, 7) is 4.21. The molecule has 4 aromatic rings. The van der Waals surface area contributed by atoms with Gasteiger partial charge in [0.1, 0.15) is 0 Å². The molecule has 0 fully saturated rings. The van der Waals surface area contributed by atoms with Crippen LogP contribution in [0.15, 0.2) is 67.4 Å². The highest BCUT2D eigenvalue weighted by Crippen LogP contribution is 2.38. The number of fused-ring (bicyclic) bond motifs is 1. The third-order valence-electron chi connectivity index (χ3n) is 7.22. The molecule has 6 heteroatoms. The molecule has 1 atom stereocenters. The van der Waals surface area contributed by atoms with Gasteiger partial charge in [0.2, 0.25) is 0 Å². The van der Waals surface area contributed by atoms with Crippen LogP contribution in [0.25, 0.3) is 10.8 Å². The lowest BCUT2D eigenvalue weighted by molar-refractivity contribution is 0.0743. The molecule has 1 N–H and O–H groups in total. The van der Waals surface area contributed by atoms with Crippen molar-refractivity contribution in [1.29, 1.82) is 0 Å². The fourth-order valence-corrected chi connectivity index (χ4v) is 5.14. The Morgan fingerprint density at radius 1 is 1.03 bits per heavy atom. The quantitative estimate of drug-likeness (QED) is 0.198. The van der Waals surface area contributed by atoms with E-state index in [0.717, 1.165) is 24.2 Å². The molecule has 4 rings (SSSR count). The number of ether oxygens (including phenoxy) is 1. The number of hydrogen-bond acceptors (Lipinski definition) is 3. The number of hydrogen-bond donors (Lipinski definition) is 1. The van der Waals surface area contributed by atoms with Crippen LogP contribution in [0.4, 0.5) is 0 Å². The lowest BCUT2D eigenvalue weighted by Crippen LogP contribution is -2.30. The molecule has 0 aliphatic heterocycles. The second-order valence-electron chi connectivity index (χ2n) is 9.82. The molecule has 6 nitrogen and oxygen atoms in total. The number of unbranched alkanes of at least 4 members (excludes halogenated alkanes) is 5. The Kier molecular flexibility index (Phi) is 9.55. The largest absolute Gasteiger partial charge is 0.383 e. The number of aromatic amines is 1. The minimum absolute atomic E-state index is 0.0134. The summed E-state index contributed by atoms with van der Waals surface area (Å²) in [6, 6.07) is 14.9. The van der Waals surface area contributed by atoms with E-state index in [0.29, 0.717) is 18.7 Å². The number of carbonyl (C=O) groups excluding carboxylic acids is 1. The van der Waals surface area contributed by atoms with Crippen LogP contribution in [0.2, 0.25) is 0 Å². The van der Waals surface area contributed by atoms with Crippen LogP contribution in [0.5, 0.6) is 0 Å². The topological polar surface area (TPSA) is 63.2 Å². The normalized spacial score (nSPS) is 12.2. The van der Waals surface area contributed by atoms with E-state index in [1.54, 1.807) is 12.0 Å². The summed E-state index contributed by atoms with van der Waals surface area (Å²) in [4.78, 5) is 23.0. The Bertz CT molecular complexity index is 1270. The first-order valence-corrected chi connectivity index (χ1v) is 13.5. The fraction of sp³-hybridized carbons (Fsp3) is 0.419. The standard InChI is InChI=1S/C31H40N4O2/c1-4-5-6-7-8-11-17-35-23-33-22-29(35)30(26-16-12-14-24-13-9-10-15-25(24)26)27-20-32-21-28(27)31(36)34(2)18-19-37-3/h9-10,12-16,20-23,30,32H,4-8,11,17-19H2,1-3H3. The van der Waals surface area contributed by atoms with Gasteiger partial charge >= 0.3 is 0 Å². The van der Waals surface area contributed by atoms with Crippen molar-refractivity contribution in [2.75, 3.05) is 27.3 Å². The number of carbonyl (C=O) groups is 1. The number of aryl methyl sites for hydroxylation is 1. The van der Waals surface area contributed by atoms with Crippen LogP contribution in [0, 0.1) is 0 Å². The molecule has 1 amide bonds. The van der Waals surface area contributed by atoms with Gasteiger partial charge in [-0.1, -0.05) is 81.5 Å². The molecular weight excluding hydrogens is 460 g/mol. The number of likely N-dealkylation sites (N-methyl/N-ethyl adjacent to an activating group) is 1. The maximum absolute atomic E-state index is 13.5. The average molecular weight is 501 g/mol. The van der Waals surface area contributed by atoms with Crippen LogP contribution in [0.3, 0.4) is 0 Å².